The Morgan fingerprint density at radius 1 is 1.08 bits per heavy atom. The number of carbonyl (C=O) groups is 1. The first kappa shape index (κ1) is 16.7. The van der Waals surface area contributed by atoms with Crippen molar-refractivity contribution in [3.63, 3.8) is 0 Å². The van der Waals surface area contributed by atoms with E-state index in [-0.39, 0.29) is 6.03 Å². The van der Waals surface area contributed by atoms with Gasteiger partial charge in [-0.1, -0.05) is 23.2 Å². The maximum atomic E-state index is 12.6. The van der Waals surface area contributed by atoms with Gasteiger partial charge in [-0.3, -0.25) is 4.90 Å². The summed E-state index contributed by atoms with van der Waals surface area (Å²) in [7, 11) is 0. The zero-order chi connectivity index (χ0) is 17.1. The third kappa shape index (κ3) is 3.52. The van der Waals surface area contributed by atoms with E-state index in [1.807, 2.05) is 13.0 Å². The van der Waals surface area contributed by atoms with Crippen LogP contribution in [0.25, 0.3) is 0 Å². The van der Waals surface area contributed by atoms with Crippen LogP contribution in [-0.4, -0.2) is 25.8 Å². The van der Waals surface area contributed by atoms with Crippen LogP contribution in [0.4, 0.5) is 16.2 Å². The predicted molar refractivity (Wildman–Crippen MR) is 95.9 cm³/mol. The van der Waals surface area contributed by atoms with Crippen molar-refractivity contribution in [3.05, 3.63) is 46.4 Å². The van der Waals surface area contributed by atoms with E-state index in [4.69, 9.17) is 32.7 Å². The molecule has 3 rings (SSSR count). The topological polar surface area (TPSA) is 50.8 Å². The first-order valence-electron chi connectivity index (χ1n) is 7.51. The maximum absolute atomic E-state index is 12.6. The van der Waals surface area contributed by atoms with Crippen LogP contribution in [0.2, 0.25) is 10.0 Å². The van der Waals surface area contributed by atoms with Gasteiger partial charge in [0.1, 0.15) is 13.2 Å². The van der Waals surface area contributed by atoms with Crippen molar-refractivity contribution in [2.45, 2.75) is 6.92 Å². The summed E-state index contributed by atoms with van der Waals surface area (Å²) in [6.07, 6.45) is 0. The van der Waals surface area contributed by atoms with Crippen molar-refractivity contribution in [3.8, 4) is 11.5 Å². The Kier molecular flexibility index (Phi) is 5.02. The smallest absolute Gasteiger partial charge is 0.326 e. The van der Waals surface area contributed by atoms with Gasteiger partial charge in [0.2, 0.25) is 0 Å². The van der Waals surface area contributed by atoms with E-state index in [9.17, 15) is 4.79 Å². The maximum Gasteiger partial charge on any atom is 0.326 e. The molecule has 2 amide bonds. The highest BCUT2D eigenvalue weighted by Crippen LogP contribution is 2.34. The van der Waals surface area contributed by atoms with Gasteiger partial charge in [-0.2, -0.15) is 0 Å². The normalized spacial score (nSPS) is 12.6. The molecule has 0 aliphatic carbocycles. The number of benzene rings is 2. The first-order valence-corrected chi connectivity index (χ1v) is 8.27. The number of amides is 2. The van der Waals surface area contributed by atoms with Crippen molar-refractivity contribution >= 4 is 40.6 Å². The second kappa shape index (κ2) is 7.20. The van der Waals surface area contributed by atoms with Crippen LogP contribution in [-0.2, 0) is 0 Å². The van der Waals surface area contributed by atoms with Crippen molar-refractivity contribution in [1.82, 2.24) is 0 Å². The number of rotatable bonds is 3. The van der Waals surface area contributed by atoms with E-state index in [0.29, 0.717) is 47.0 Å². The predicted octanol–water partition coefficient (Wildman–Crippen LogP) is 4.82. The van der Waals surface area contributed by atoms with Crippen LogP contribution in [0.5, 0.6) is 11.5 Å². The molecular formula is C17H16Cl2N2O3. The number of ether oxygens (including phenoxy) is 2. The molecule has 126 valence electrons. The summed E-state index contributed by atoms with van der Waals surface area (Å²) in [6.45, 7) is 3.41. The molecule has 7 heteroatoms. The van der Waals surface area contributed by atoms with Crippen molar-refractivity contribution in [2.24, 2.45) is 0 Å². The lowest BCUT2D eigenvalue weighted by Crippen LogP contribution is -2.34. The molecule has 0 unspecified atom stereocenters. The second-order valence-electron chi connectivity index (χ2n) is 5.13. The number of hydrogen-bond donors (Lipinski definition) is 1. The Balaban J connectivity index is 1.80. The zero-order valence-corrected chi connectivity index (χ0v) is 14.5. The average molecular weight is 367 g/mol. The van der Waals surface area contributed by atoms with Gasteiger partial charge in [0.25, 0.3) is 0 Å². The average Bonchev–Trinajstić information content (AvgIpc) is 2.59. The number of halogens is 2. The van der Waals surface area contributed by atoms with Crippen molar-refractivity contribution < 1.29 is 14.3 Å². The van der Waals surface area contributed by atoms with Crippen LogP contribution in [0.1, 0.15) is 6.92 Å². The van der Waals surface area contributed by atoms with Crippen LogP contribution >= 0.6 is 23.2 Å². The van der Waals surface area contributed by atoms with Gasteiger partial charge in [-0.05, 0) is 37.3 Å². The van der Waals surface area contributed by atoms with E-state index in [1.165, 1.54) is 0 Å². The Labute approximate surface area is 150 Å². The van der Waals surface area contributed by atoms with Crippen LogP contribution in [0.15, 0.2) is 36.4 Å². The zero-order valence-electron chi connectivity index (χ0n) is 13.0. The Morgan fingerprint density at radius 3 is 2.54 bits per heavy atom. The Morgan fingerprint density at radius 2 is 1.83 bits per heavy atom. The second-order valence-corrected chi connectivity index (χ2v) is 5.95. The van der Waals surface area contributed by atoms with E-state index in [2.05, 4.69) is 5.32 Å². The number of nitrogens with one attached hydrogen (secondary N) is 1. The summed E-state index contributed by atoms with van der Waals surface area (Å²) < 4.78 is 11.1. The van der Waals surface area contributed by atoms with Gasteiger partial charge >= 0.3 is 6.03 Å². The minimum Gasteiger partial charge on any atom is -0.486 e. The Hall–Kier alpha value is -2.11. The largest absolute Gasteiger partial charge is 0.486 e. The monoisotopic (exact) mass is 366 g/mol. The molecule has 0 saturated carbocycles. The third-order valence-corrected chi connectivity index (χ3v) is 4.31. The molecule has 0 atom stereocenters. The number of anilines is 2. The summed E-state index contributed by atoms with van der Waals surface area (Å²) in [5, 5.41) is 3.64. The van der Waals surface area contributed by atoms with Gasteiger partial charge in [0.15, 0.2) is 11.5 Å². The molecule has 1 N–H and O–H groups in total. The number of nitrogens with zero attached hydrogens (tertiary/aromatic N) is 1. The fourth-order valence-electron chi connectivity index (χ4n) is 2.41. The fourth-order valence-corrected chi connectivity index (χ4v) is 2.71. The minimum absolute atomic E-state index is 0.271. The number of urea groups is 1. The molecule has 1 aliphatic rings. The summed E-state index contributed by atoms with van der Waals surface area (Å²) in [4.78, 5) is 14.2. The summed E-state index contributed by atoms with van der Waals surface area (Å²) in [5.74, 6) is 1.32. The molecule has 2 aromatic rings. The number of carbonyl (C=O) groups excluding carboxylic acids is 1. The van der Waals surface area contributed by atoms with Crippen LogP contribution < -0.4 is 19.7 Å². The first-order chi connectivity index (χ1) is 11.6. The molecule has 1 heterocycles. The van der Waals surface area contributed by atoms with E-state index < -0.39 is 0 Å². The highest BCUT2D eigenvalue weighted by molar-refractivity contribution is 6.42. The molecule has 1 aliphatic heterocycles. The molecule has 24 heavy (non-hydrogen) atoms. The lowest BCUT2D eigenvalue weighted by Gasteiger charge is -2.24. The molecule has 5 nitrogen and oxygen atoms in total. The van der Waals surface area contributed by atoms with Crippen molar-refractivity contribution in [1.29, 1.82) is 0 Å². The molecule has 0 saturated heterocycles. The van der Waals surface area contributed by atoms with Gasteiger partial charge in [-0.25, -0.2) is 4.79 Å². The SMILES string of the molecule is CCN(C(=O)Nc1ccc(Cl)c(Cl)c1)c1ccc2c(c1)OCCO2. The standard InChI is InChI=1S/C17H16Cl2N2O3/c1-2-21(12-4-6-15-16(10-12)24-8-7-23-15)17(22)20-11-3-5-13(18)14(19)9-11/h3-6,9-10H,2,7-8H2,1H3,(H,20,22). The summed E-state index contributed by atoms with van der Waals surface area (Å²) in [5.41, 5.74) is 1.30. The van der Waals surface area contributed by atoms with Gasteiger partial charge < -0.3 is 14.8 Å². The quantitative estimate of drug-likeness (QED) is 0.846. The van der Waals surface area contributed by atoms with E-state index in [0.717, 1.165) is 5.69 Å². The molecule has 0 aromatic heterocycles. The molecule has 0 radical (unpaired) electrons. The summed E-state index contributed by atoms with van der Waals surface area (Å²) in [6, 6.07) is 10.1. The van der Waals surface area contributed by atoms with Gasteiger partial charge in [0.05, 0.1) is 10.0 Å². The van der Waals surface area contributed by atoms with Crippen LogP contribution in [0.3, 0.4) is 0 Å². The molecule has 0 spiro atoms. The van der Waals surface area contributed by atoms with E-state index >= 15 is 0 Å². The number of hydrogen-bond acceptors (Lipinski definition) is 3. The highest BCUT2D eigenvalue weighted by Gasteiger charge is 2.18. The van der Waals surface area contributed by atoms with Gasteiger partial charge in [0, 0.05) is 24.0 Å². The van der Waals surface area contributed by atoms with E-state index in [1.54, 1.807) is 35.2 Å². The van der Waals surface area contributed by atoms with Gasteiger partial charge in [-0.15, -0.1) is 0 Å². The lowest BCUT2D eigenvalue weighted by molar-refractivity contribution is 0.171. The molecular weight excluding hydrogens is 351 g/mol. The molecule has 0 fully saturated rings. The lowest BCUT2D eigenvalue weighted by atomic mass is 10.2. The van der Waals surface area contributed by atoms with Crippen LogP contribution in [0, 0.1) is 0 Å². The minimum atomic E-state index is -0.271. The Bertz CT molecular complexity index is 767. The molecule has 2 aromatic carbocycles. The molecule has 0 bridgehead atoms. The third-order valence-electron chi connectivity index (χ3n) is 3.57. The number of fused-ring (bicyclic) bond motifs is 1. The fraction of sp³-hybridized carbons (Fsp3) is 0.235. The highest BCUT2D eigenvalue weighted by atomic mass is 35.5. The van der Waals surface area contributed by atoms with Crippen molar-refractivity contribution in [2.75, 3.05) is 30.0 Å². The summed E-state index contributed by atoms with van der Waals surface area (Å²) >= 11 is 11.9.